The summed E-state index contributed by atoms with van der Waals surface area (Å²) in [4.78, 5) is 4.64. The van der Waals surface area contributed by atoms with Gasteiger partial charge in [-0.05, 0) is 52.3 Å². The maximum Gasteiger partial charge on any atom is 0.118 e. The van der Waals surface area contributed by atoms with Gasteiger partial charge in [0.25, 0.3) is 0 Å². The second-order valence-corrected chi connectivity index (χ2v) is 5.83. The largest absolute Gasteiger partial charge is 0.497 e. The highest BCUT2D eigenvalue weighted by molar-refractivity contribution is 5.29. The molecule has 0 amide bonds. The van der Waals surface area contributed by atoms with Gasteiger partial charge in [-0.15, -0.1) is 0 Å². The number of hydrogen-bond donors (Lipinski definition) is 1. The van der Waals surface area contributed by atoms with Gasteiger partial charge < -0.3 is 19.9 Å². The van der Waals surface area contributed by atoms with Crippen LogP contribution < -0.4 is 10.1 Å². The molecule has 21 heavy (non-hydrogen) atoms. The Morgan fingerprint density at radius 3 is 2.19 bits per heavy atom. The number of ether oxygens (including phenoxy) is 1. The van der Waals surface area contributed by atoms with Crippen molar-refractivity contribution in [3.63, 3.8) is 0 Å². The molecule has 0 aromatic heterocycles. The second-order valence-electron chi connectivity index (χ2n) is 5.83. The number of nitrogens with zero attached hydrogens (tertiary/aromatic N) is 2. The molecule has 0 aliphatic rings. The minimum absolute atomic E-state index is 0.327. The van der Waals surface area contributed by atoms with E-state index in [1.165, 1.54) is 5.56 Å². The summed E-state index contributed by atoms with van der Waals surface area (Å²) in [5, 5.41) is 3.61. The van der Waals surface area contributed by atoms with E-state index in [-0.39, 0.29) is 0 Å². The van der Waals surface area contributed by atoms with E-state index < -0.39 is 0 Å². The lowest BCUT2D eigenvalue weighted by Crippen LogP contribution is -2.43. The third-order valence-corrected chi connectivity index (χ3v) is 3.98. The average molecular weight is 293 g/mol. The fourth-order valence-electron chi connectivity index (χ4n) is 2.41. The lowest BCUT2D eigenvalue weighted by molar-refractivity contribution is 0.190. The van der Waals surface area contributed by atoms with Gasteiger partial charge in [0.2, 0.25) is 0 Å². The van der Waals surface area contributed by atoms with Crippen molar-refractivity contribution in [3.8, 4) is 5.75 Å². The first-order valence-corrected chi connectivity index (χ1v) is 7.71. The SMILES string of the molecule is CCNC(c1ccc(OC)cc1)C(C)N(C)CCN(C)C. The number of nitrogens with one attached hydrogen (secondary N) is 1. The Morgan fingerprint density at radius 1 is 1.10 bits per heavy atom. The Morgan fingerprint density at radius 2 is 1.71 bits per heavy atom. The molecule has 1 aromatic carbocycles. The van der Waals surface area contributed by atoms with Gasteiger partial charge in [0.05, 0.1) is 7.11 Å². The van der Waals surface area contributed by atoms with E-state index in [1.807, 2.05) is 12.1 Å². The van der Waals surface area contributed by atoms with E-state index in [0.717, 1.165) is 25.4 Å². The number of likely N-dealkylation sites (N-methyl/N-ethyl adjacent to an activating group) is 3. The lowest BCUT2D eigenvalue weighted by atomic mass is 9.99. The first-order chi connectivity index (χ1) is 9.99. The number of benzene rings is 1. The van der Waals surface area contributed by atoms with Crippen molar-refractivity contribution in [2.24, 2.45) is 0 Å². The molecule has 2 unspecified atom stereocenters. The topological polar surface area (TPSA) is 27.7 Å². The van der Waals surface area contributed by atoms with Crippen LogP contribution >= 0.6 is 0 Å². The van der Waals surface area contributed by atoms with Crippen LogP contribution in [0, 0.1) is 0 Å². The fraction of sp³-hybridized carbons (Fsp3) is 0.647. The fourth-order valence-corrected chi connectivity index (χ4v) is 2.41. The molecule has 0 saturated carbocycles. The zero-order valence-corrected chi connectivity index (χ0v) is 14.4. The molecule has 0 fully saturated rings. The predicted molar refractivity (Wildman–Crippen MR) is 90.1 cm³/mol. The van der Waals surface area contributed by atoms with Crippen LogP contribution in [0.3, 0.4) is 0 Å². The van der Waals surface area contributed by atoms with Gasteiger partial charge in [-0.2, -0.15) is 0 Å². The van der Waals surface area contributed by atoms with E-state index in [9.17, 15) is 0 Å². The van der Waals surface area contributed by atoms with Crippen LogP contribution in [0.4, 0.5) is 0 Å². The van der Waals surface area contributed by atoms with Crippen molar-refractivity contribution >= 4 is 0 Å². The summed E-state index contributed by atoms with van der Waals surface area (Å²) in [6.07, 6.45) is 0. The van der Waals surface area contributed by atoms with Gasteiger partial charge >= 0.3 is 0 Å². The smallest absolute Gasteiger partial charge is 0.118 e. The summed E-state index contributed by atoms with van der Waals surface area (Å²) in [7, 11) is 8.13. The molecule has 0 aliphatic carbocycles. The van der Waals surface area contributed by atoms with Crippen molar-refractivity contribution in [2.75, 3.05) is 47.9 Å². The van der Waals surface area contributed by atoms with Gasteiger partial charge in [-0.3, -0.25) is 0 Å². The van der Waals surface area contributed by atoms with Gasteiger partial charge in [0.1, 0.15) is 5.75 Å². The van der Waals surface area contributed by atoms with Crippen molar-refractivity contribution in [3.05, 3.63) is 29.8 Å². The normalized spacial score (nSPS) is 14.5. The van der Waals surface area contributed by atoms with Crippen LogP contribution in [0.25, 0.3) is 0 Å². The van der Waals surface area contributed by atoms with Crippen LogP contribution in [0.15, 0.2) is 24.3 Å². The van der Waals surface area contributed by atoms with Crippen molar-refractivity contribution in [1.29, 1.82) is 0 Å². The van der Waals surface area contributed by atoms with Crippen LogP contribution in [0.2, 0.25) is 0 Å². The van der Waals surface area contributed by atoms with Gasteiger partial charge in [0, 0.05) is 25.2 Å². The molecule has 4 heteroatoms. The molecule has 0 heterocycles. The monoisotopic (exact) mass is 293 g/mol. The molecule has 0 radical (unpaired) electrons. The van der Waals surface area contributed by atoms with Gasteiger partial charge in [-0.25, -0.2) is 0 Å². The molecule has 1 aromatic rings. The number of rotatable bonds is 9. The zero-order valence-electron chi connectivity index (χ0n) is 14.4. The molecule has 1 rings (SSSR count). The molecular weight excluding hydrogens is 262 g/mol. The average Bonchev–Trinajstić information content (AvgIpc) is 2.49. The van der Waals surface area contributed by atoms with E-state index in [0.29, 0.717) is 12.1 Å². The van der Waals surface area contributed by atoms with E-state index in [2.05, 4.69) is 62.2 Å². The van der Waals surface area contributed by atoms with Crippen molar-refractivity contribution < 1.29 is 4.74 Å². The van der Waals surface area contributed by atoms with Gasteiger partial charge in [0.15, 0.2) is 0 Å². The Bertz CT molecular complexity index is 392. The van der Waals surface area contributed by atoms with Crippen LogP contribution in [-0.2, 0) is 0 Å². The maximum atomic E-state index is 5.25. The quantitative estimate of drug-likeness (QED) is 0.755. The minimum atomic E-state index is 0.327. The predicted octanol–water partition coefficient (Wildman–Crippen LogP) is 2.23. The summed E-state index contributed by atoms with van der Waals surface area (Å²) >= 11 is 0. The van der Waals surface area contributed by atoms with E-state index in [4.69, 9.17) is 4.74 Å². The Labute approximate surface area is 130 Å². The highest BCUT2D eigenvalue weighted by Gasteiger charge is 2.22. The first-order valence-electron chi connectivity index (χ1n) is 7.71. The molecule has 2 atom stereocenters. The van der Waals surface area contributed by atoms with E-state index >= 15 is 0 Å². The van der Waals surface area contributed by atoms with Crippen molar-refractivity contribution in [2.45, 2.75) is 25.9 Å². The first kappa shape index (κ1) is 18.0. The third kappa shape index (κ3) is 5.65. The van der Waals surface area contributed by atoms with Crippen LogP contribution in [0.5, 0.6) is 5.75 Å². The second kappa shape index (κ2) is 9.03. The summed E-state index contributed by atoms with van der Waals surface area (Å²) in [5.74, 6) is 0.905. The highest BCUT2D eigenvalue weighted by atomic mass is 16.5. The van der Waals surface area contributed by atoms with Crippen LogP contribution in [0.1, 0.15) is 25.5 Å². The zero-order chi connectivity index (χ0) is 15.8. The standard InChI is InChI=1S/C17H31N3O/c1-7-18-17(14(2)20(5)13-12-19(3)4)15-8-10-16(21-6)11-9-15/h8-11,14,17-18H,7,12-13H2,1-6H3. The maximum absolute atomic E-state index is 5.25. The Kier molecular flexibility index (Phi) is 7.72. The summed E-state index contributed by atoms with van der Waals surface area (Å²) in [6.45, 7) is 7.54. The molecule has 0 bridgehead atoms. The highest BCUT2D eigenvalue weighted by Crippen LogP contribution is 2.22. The number of hydrogen-bond acceptors (Lipinski definition) is 4. The molecule has 4 nitrogen and oxygen atoms in total. The number of methoxy groups -OCH3 is 1. The lowest BCUT2D eigenvalue weighted by Gasteiger charge is -2.33. The van der Waals surface area contributed by atoms with Crippen molar-refractivity contribution in [1.82, 2.24) is 15.1 Å². The molecule has 0 saturated heterocycles. The summed E-state index contributed by atoms with van der Waals surface area (Å²) < 4.78 is 5.25. The molecule has 0 aliphatic heterocycles. The Balaban J connectivity index is 2.78. The third-order valence-electron chi connectivity index (χ3n) is 3.98. The van der Waals surface area contributed by atoms with Crippen LogP contribution in [-0.4, -0.2) is 63.7 Å². The van der Waals surface area contributed by atoms with Gasteiger partial charge in [-0.1, -0.05) is 19.1 Å². The molecule has 1 N–H and O–H groups in total. The molecule has 120 valence electrons. The molecule has 0 spiro atoms. The Hall–Kier alpha value is -1.10. The molecular formula is C17H31N3O. The summed E-state index contributed by atoms with van der Waals surface area (Å²) in [5.41, 5.74) is 1.31. The van der Waals surface area contributed by atoms with E-state index in [1.54, 1.807) is 7.11 Å². The summed E-state index contributed by atoms with van der Waals surface area (Å²) in [6, 6.07) is 9.13. The minimum Gasteiger partial charge on any atom is -0.497 e.